The minimum absolute atomic E-state index is 0.00137. The van der Waals surface area contributed by atoms with E-state index < -0.39 is 0 Å². The molecule has 0 bridgehead atoms. The van der Waals surface area contributed by atoms with Crippen LogP contribution in [0.15, 0.2) is 30.3 Å². The first kappa shape index (κ1) is 16.5. The van der Waals surface area contributed by atoms with E-state index in [9.17, 15) is 9.59 Å². The Hall–Kier alpha value is -1.88. The molecular formula is C17H24N2O3. The van der Waals surface area contributed by atoms with Crippen molar-refractivity contribution in [2.24, 2.45) is 11.8 Å². The monoisotopic (exact) mass is 304 g/mol. The number of rotatable bonds is 6. The summed E-state index contributed by atoms with van der Waals surface area (Å²) in [7, 11) is 0. The molecule has 1 fully saturated rings. The number of hydrogen-bond donors (Lipinski definition) is 2. The van der Waals surface area contributed by atoms with E-state index in [1.807, 2.05) is 44.2 Å². The van der Waals surface area contributed by atoms with Gasteiger partial charge in [-0.05, 0) is 18.4 Å². The van der Waals surface area contributed by atoms with Gasteiger partial charge >= 0.3 is 0 Å². The van der Waals surface area contributed by atoms with E-state index in [1.165, 1.54) is 0 Å². The van der Waals surface area contributed by atoms with Crippen molar-refractivity contribution in [1.82, 2.24) is 10.2 Å². The van der Waals surface area contributed by atoms with Gasteiger partial charge < -0.3 is 15.3 Å². The number of benzene rings is 1. The lowest BCUT2D eigenvalue weighted by Gasteiger charge is -2.21. The maximum Gasteiger partial charge on any atom is 0.225 e. The molecule has 0 aromatic heterocycles. The number of amides is 2. The maximum atomic E-state index is 12.2. The van der Waals surface area contributed by atoms with E-state index in [0.717, 1.165) is 5.56 Å². The molecule has 1 aliphatic heterocycles. The van der Waals surface area contributed by atoms with Crippen LogP contribution in [0.4, 0.5) is 0 Å². The zero-order chi connectivity index (χ0) is 16.1. The molecule has 0 spiro atoms. The van der Waals surface area contributed by atoms with Gasteiger partial charge in [0, 0.05) is 32.2 Å². The number of nitrogens with one attached hydrogen (secondary N) is 1. The Morgan fingerprint density at radius 1 is 1.36 bits per heavy atom. The molecule has 2 rings (SSSR count). The zero-order valence-corrected chi connectivity index (χ0v) is 13.2. The average molecular weight is 304 g/mol. The molecule has 1 aromatic rings. The van der Waals surface area contributed by atoms with Crippen LogP contribution in [0.25, 0.3) is 0 Å². The molecule has 1 aromatic carbocycles. The summed E-state index contributed by atoms with van der Waals surface area (Å²) >= 11 is 0. The fourth-order valence-electron chi connectivity index (χ4n) is 2.55. The van der Waals surface area contributed by atoms with E-state index in [1.54, 1.807) is 4.90 Å². The lowest BCUT2D eigenvalue weighted by Crippen LogP contribution is -2.42. The van der Waals surface area contributed by atoms with Gasteiger partial charge in [0.1, 0.15) is 0 Å². The van der Waals surface area contributed by atoms with Crippen LogP contribution >= 0.6 is 0 Å². The molecule has 2 N–H and O–H groups in total. The summed E-state index contributed by atoms with van der Waals surface area (Å²) in [6, 6.07) is 9.68. The quantitative estimate of drug-likeness (QED) is 0.829. The molecule has 120 valence electrons. The smallest absolute Gasteiger partial charge is 0.225 e. The molecule has 1 saturated heterocycles. The molecule has 2 amide bonds. The number of aliphatic hydroxyl groups excluding tert-OH is 1. The van der Waals surface area contributed by atoms with Crippen molar-refractivity contribution in [2.45, 2.75) is 32.9 Å². The van der Waals surface area contributed by atoms with Crippen LogP contribution in [-0.2, 0) is 16.1 Å². The molecule has 5 heteroatoms. The predicted octanol–water partition coefficient (Wildman–Crippen LogP) is 1.17. The highest BCUT2D eigenvalue weighted by atomic mass is 16.3. The van der Waals surface area contributed by atoms with E-state index >= 15 is 0 Å². The van der Waals surface area contributed by atoms with Crippen LogP contribution in [0.1, 0.15) is 25.8 Å². The first-order chi connectivity index (χ1) is 10.5. The van der Waals surface area contributed by atoms with Gasteiger partial charge in [-0.1, -0.05) is 37.3 Å². The minimum Gasteiger partial charge on any atom is -0.396 e. The molecule has 3 atom stereocenters. The molecule has 0 saturated carbocycles. The number of hydrogen-bond acceptors (Lipinski definition) is 3. The summed E-state index contributed by atoms with van der Waals surface area (Å²) in [5.74, 6) is -0.380. The van der Waals surface area contributed by atoms with Gasteiger partial charge in [0.2, 0.25) is 11.8 Å². The normalized spacial score (nSPS) is 20.8. The van der Waals surface area contributed by atoms with Gasteiger partial charge in [-0.25, -0.2) is 0 Å². The fraction of sp³-hybridized carbons (Fsp3) is 0.529. The highest BCUT2D eigenvalue weighted by molar-refractivity contribution is 5.89. The van der Waals surface area contributed by atoms with Gasteiger partial charge in [-0.3, -0.25) is 9.59 Å². The number of carbonyl (C=O) groups excluding carboxylic acids is 2. The SMILES string of the molecule is CC(CO)C(C)NC(=O)C1CC(=O)N(Cc2ccccc2)C1. The first-order valence-corrected chi connectivity index (χ1v) is 7.74. The number of carbonyl (C=O) groups is 2. The molecule has 0 aliphatic carbocycles. The Bertz CT molecular complexity index is 518. The van der Waals surface area contributed by atoms with Crippen LogP contribution in [0.2, 0.25) is 0 Å². The fourth-order valence-corrected chi connectivity index (χ4v) is 2.55. The molecular weight excluding hydrogens is 280 g/mol. The highest BCUT2D eigenvalue weighted by Crippen LogP contribution is 2.20. The second-order valence-electron chi connectivity index (χ2n) is 6.12. The Morgan fingerprint density at radius 3 is 2.68 bits per heavy atom. The van der Waals surface area contributed by atoms with Crippen molar-refractivity contribution < 1.29 is 14.7 Å². The molecule has 0 radical (unpaired) electrons. The summed E-state index contributed by atoms with van der Waals surface area (Å²) in [6.07, 6.45) is 0.263. The molecule has 22 heavy (non-hydrogen) atoms. The van der Waals surface area contributed by atoms with Crippen molar-refractivity contribution in [3.8, 4) is 0 Å². The van der Waals surface area contributed by atoms with Crippen LogP contribution in [0.5, 0.6) is 0 Å². The van der Waals surface area contributed by atoms with Crippen LogP contribution in [0, 0.1) is 11.8 Å². The van der Waals surface area contributed by atoms with Crippen molar-refractivity contribution in [3.05, 3.63) is 35.9 Å². The number of aliphatic hydroxyl groups is 1. The third-order valence-electron chi connectivity index (χ3n) is 4.31. The van der Waals surface area contributed by atoms with Crippen LogP contribution in [-0.4, -0.2) is 41.0 Å². The largest absolute Gasteiger partial charge is 0.396 e. The molecule has 1 aliphatic rings. The Balaban J connectivity index is 1.90. The maximum absolute atomic E-state index is 12.2. The predicted molar refractivity (Wildman–Crippen MR) is 83.8 cm³/mol. The van der Waals surface area contributed by atoms with E-state index in [4.69, 9.17) is 5.11 Å². The van der Waals surface area contributed by atoms with Crippen LogP contribution in [0.3, 0.4) is 0 Å². The summed E-state index contributed by atoms with van der Waals surface area (Å²) in [4.78, 5) is 26.1. The minimum atomic E-state index is -0.301. The van der Waals surface area contributed by atoms with Gasteiger partial charge in [-0.2, -0.15) is 0 Å². The lowest BCUT2D eigenvalue weighted by molar-refractivity contribution is -0.129. The number of likely N-dealkylation sites (tertiary alicyclic amines) is 1. The van der Waals surface area contributed by atoms with Crippen molar-refractivity contribution >= 4 is 11.8 Å². The van der Waals surface area contributed by atoms with Gasteiger partial charge in [-0.15, -0.1) is 0 Å². The van der Waals surface area contributed by atoms with Gasteiger partial charge in [0.25, 0.3) is 0 Å². The summed E-state index contributed by atoms with van der Waals surface area (Å²) in [6.45, 7) is 4.79. The number of nitrogens with zero attached hydrogens (tertiary/aromatic N) is 1. The highest BCUT2D eigenvalue weighted by Gasteiger charge is 2.34. The Kier molecular flexibility index (Phi) is 5.55. The molecule has 3 unspecified atom stereocenters. The Morgan fingerprint density at radius 2 is 2.05 bits per heavy atom. The first-order valence-electron chi connectivity index (χ1n) is 7.74. The van der Waals surface area contributed by atoms with Gasteiger partial charge in [0.05, 0.1) is 5.92 Å². The summed E-state index contributed by atoms with van der Waals surface area (Å²) < 4.78 is 0. The topological polar surface area (TPSA) is 69.6 Å². The third-order valence-corrected chi connectivity index (χ3v) is 4.31. The third kappa shape index (κ3) is 4.07. The lowest BCUT2D eigenvalue weighted by atomic mass is 10.0. The van der Waals surface area contributed by atoms with Crippen molar-refractivity contribution in [1.29, 1.82) is 0 Å². The zero-order valence-electron chi connectivity index (χ0n) is 13.2. The van der Waals surface area contributed by atoms with E-state index in [-0.39, 0.29) is 42.7 Å². The molecule has 1 heterocycles. The van der Waals surface area contributed by atoms with Gasteiger partial charge in [0.15, 0.2) is 0 Å². The van der Waals surface area contributed by atoms with E-state index in [0.29, 0.717) is 13.1 Å². The second kappa shape index (κ2) is 7.40. The summed E-state index contributed by atoms with van der Waals surface area (Å²) in [5, 5.41) is 12.0. The standard InChI is InChI=1S/C17H24N2O3/c1-12(11-20)13(2)18-17(22)15-8-16(21)19(10-15)9-14-6-4-3-5-7-14/h3-7,12-13,15,20H,8-11H2,1-2H3,(H,18,22). The summed E-state index contributed by atoms with van der Waals surface area (Å²) in [5.41, 5.74) is 1.07. The molecule has 5 nitrogen and oxygen atoms in total. The average Bonchev–Trinajstić information content (AvgIpc) is 2.88. The van der Waals surface area contributed by atoms with Crippen molar-refractivity contribution in [3.63, 3.8) is 0 Å². The second-order valence-corrected chi connectivity index (χ2v) is 6.12. The Labute approximate surface area is 131 Å². The van der Waals surface area contributed by atoms with Crippen LogP contribution < -0.4 is 5.32 Å². The van der Waals surface area contributed by atoms with E-state index in [2.05, 4.69) is 5.32 Å². The van der Waals surface area contributed by atoms with Crippen molar-refractivity contribution in [2.75, 3.05) is 13.2 Å².